The van der Waals surface area contributed by atoms with E-state index in [0.717, 1.165) is 22.2 Å². The third-order valence-corrected chi connectivity index (χ3v) is 3.32. The number of nitrogens with zero attached hydrogens (tertiary/aromatic N) is 1. The highest BCUT2D eigenvalue weighted by Gasteiger charge is 2.12. The molecule has 1 heterocycles. The van der Waals surface area contributed by atoms with Crippen molar-refractivity contribution >= 4 is 34.3 Å². The lowest BCUT2D eigenvalue weighted by atomic mass is 10.2. The lowest BCUT2D eigenvalue weighted by molar-refractivity contribution is 0.617. The van der Waals surface area contributed by atoms with Crippen molar-refractivity contribution in [2.24, 2.45) is 0 Å². The topological polar surface area (TPSA) is 26.0 Å². The summed E-state index contributed by atoms with van der Waals surface area (Å²) < 4.78 is 5.77. The minimum absolute atomic E-state index is 0.515. The Morgan fingerprint density at radius 1 is 1.11 bits per heavy atom. The van der Waals surface area contributed by atoms with Gasteiger partial charge in [-0.2, -0.15) is 0 Å². The second-order valence-electron chi connectivity index (χ2n) is 4.07. The van der Waals surface area contributed by atoms with Gasteiger partial charge in [-0.25, -0.2) is 4.98 Å². The third kappa shape index (κ3) is 1.88. The molecule has 0 fully saturated rings. The molecule has 0 saturated carbocycles. The van der Waals surface area contributed by atoms with Crippen molar-refractivity contribution in [3.05, 3.63) is 52.0 Å². The number of aromatic nitrogens is 1. The molecule has 0 bridgehead atoms. The number of para-hydroxylation sites is 1. The van der Waals surface area contributed by atoms with Crippen molar-refractivity contribution in [3.63, 3.8) is 0 Å². The molecule has 3 aromatic rings. The van der Waals surface area contributed by atoms with Gasteiger partial charge >= 0.3 is 0 Å². The van der Waals surface area contributed by atoms with Gasteiger partial charge in [0.1, 0.15) is 5.52 Å². The summed E-state index contributed by atoms with van der Waals surface area (Å²) >= 11 is 12.0. The Morgan fingerprint density at radius 3 is 2.67 bits per heavy atom. The number of halogens is 2. The summed E-state index contributed by atoms with van der Waals surface area (Å²) in [5.41, 5.74) is 3.42. The fourth-order valence-corrected chi connectivity index (χ4v) is 2.35. The average molecular weight is 278 g/mol. The lowest BCUT2D eigenvalue weighted by Crippen LogP contribution is -1.78. The van der Waals surface area contributed by atoms with E-state index in [1.165, 1.54) is 0 Å². The maximum absolute atomic E-state index is 6.15. The van der Waals surface area contributed by atoms with E-state index in [9.17, 15) is 0 Å². The molecule has 0 radical (unpaired) electrons. The van der Waals surface area contributed by atoms with Gasteiger partial charge in [0, 0.05) is 5.02 Å². The van der Waals surface area contributed by atoms with Crippen LogP contribution in [0.4, 0.5) is 0 Å². The van der Waals surface area contributed by atoms with E-state index >= 15 is 0 Å². The zero-order valence-corrected chi connectivity index (χ0v) is 11.1. The van der Waals surface area contributed by atoms with Crippen LogP contribution in [0.25, 0.3) is 22.6 Å². The Hall–Kier alpha value is -1.51. The van der Waals surface area contributed by atoms with Crippen molar-refractivity contribution in [1.29, 1.82) is 0 Å². The molecule has 0 atom stereocenters. The highest BCUT2D eigenvalue weighted by molar-refractivity contribution is 6.36. The number of oxazole rings is 1. The molecule has 2 nitrogen and oxygen atoms in total. The van der Waals surface area contributed by atoms with Crippen LogP contribution >= 0.6 is 23.2 Å². The molecule has 0 spiro atoms. The second-order valence-corrected chi connectivity index (χ2v) is 4.91. The molecule has 0 aliphatic rings. The second kappa shape index (κ2) is 4.30. The summed E-state index contributed by atoms with van der Waals surface area (Å²) in [6.45, 7) is 1.99. The smallest absolute Gasteiger partial charge is 0.228 e. The van der Waals surface area contributed by atoms with Crippen LogP contribution in [-0.4, -0.2) is 4.98 Å². The van der Waals surface area contributed by atoms with Gasteiger partial charge in [-0.05, 0) is 36.8 Å². The Balaban J connectivity index is 2.23. The van der Waals surface area contributed by atoms with Crippen LogP contribution in [0.1, 0.15) is 5.56 Å². The number of fused-ring (bicyclic) bond motifs is 1. The van der Waals surface area contributed by atoms with Crippen LogP contribution in [0.2, 0.25) is 10.0 Å². The van der Waals surface area contributed by atoms with Crippen molar-refractivity contribution in [2.75, 3.05) is 0 Å². The minimum atomic E-state index is 0.515. The summed E-state index contributed by atoms with van der Waals surface area (Å²) in [5.74, 6) is 0.515. The predicted octanol–water partition coefficient (Wildman–Crippen LogP) is 5.11. The number of rotatable bonds is 1. The number of hydrogen-bond acceptors (Lipinski definition) is 2. The van der Waals surface area contributed by atoms with Crippen LogP contribution in [0.5, 0.6) is 0 Å². The fraction of sp³-hybridized carbons (Fsp3) is 0.0714. The van der Waals surface area contributed by atoms with Gasteiger partial charge in [0.05, 0.1) is 10.6 Å². The molecule has 0 amide bonds. The van der Waals surface area contributed by atoms with Crippen LogP contribution in [0, 0.1) is 6.92 Å². The molecular formula is C14H9Cl2NO. The normalized spacial score (nSPS) is 11.1. The van der Waals surface area contributed by atoms with E-state index in [0.29, 0.717) is 15.9 Å². The van der Waals surface area contributed by atoms with Gasteiger partial charge in [0.15, 0.2) is 5.58 Å². The molecule has 4 heteroatoms. The van der Waals surface area contributed by atoms with Gasteiger partial charge in [-0.1, -0.05) is 35.3 Å². The molecule has 0 aliphatic carbocycles. The van der Waals surface area contributed by atoms with E-state index in [4.69, 9.17) is 27.6 Å². The maximum Gasteiger partial charge on any atom is 0.228 e. The van der Waals surface area contributed by atoms with Crippen molar-refractivity contribution in [3.8, 4) is 11.5 Å². The van der Waals surface area contributed by atoms with Crippen LogP contribution < -0.4 is 0 Å². The van der Waals surface area contributed by atoms with Crippen molar-refractivity contribution in [1.82, 2.24) is 4.98 Å². The molecule has 2 aromatic carbocycles. The largest absolute Gasteiger partial charge is 0.436 e. The zero-order chi connectivity index (χ0) is 12.7. The van der Waals surface area contributed by atoms with Gasteiger partial charge in [-0.15, -0.1) is 0 Å². The maximum atomic E-state index is 6.15. The van der Waals surface area contributed by atoms with Gasteiger partial charge in [-0.3, -0.25) is 0 Å². The number of hydrogen-bond donors (Lipinski definition) is 0. The van der Waals surface area contributed by atoms with Gasteiger partial charge in [0.25, 0.3) is 0 Å². The summed E-state index contributed by atoms with van der Waals surface area (Å²) in [5, 5.41) is 1.13. The standard InChI is InChI=1S/C14H9Cl2NO/c1-8-3-2-4-12-13(8)18-14(17-12)10-6-5-9(15)7-11(10)16/h2-7H,1H3. The predicted molar refractivity (Wildman–Crippen MR) is 74.2 cm³/mol. The Bertz CT molecular complexity index is 734. The summed E-state index contributed by atoms with van der Waals surface area (Å²) in [6.07, 6.45) is 0. The molecule has 3 rings (SSSR count). The van der Waals surface area contributed by atoms with Crippen molar-refractivity contribution < 1.29 is 4.42 Å². The van der Waals surface area contributed by atoms with Gasteiger partial charge in [0.2, 0.25) is 5.89 Å². The zero-order valence-electron chi connectivity index (χ0n) is 9.58. The number of aryl methyl sites for hydroxylation is 1. The molecule has 1 aromatic heterocycles. The summed E-state index contributed by atoms with van der Waals surface area (Å²) in [6, 6.07) is 11.1. The van der Waals surface area contributed by atoms with E-state index in [-0.39, 0.29) is 0 Å². The van der Waals surface area contributed by atoms with E-state index in [1.807, 2.05) is 31.2 Å². The molecule has 0 unspecified atom stereocenters. The monoisotopic (exact) mass is 277 g/mol. The Kier molecular flexibility index (Phi) is 2.77. The fourth-order valence-electron chi connectivity index (χ4n) is 1.86. The lowest BCUT2D eigenvalue weighted by Gasteiger charge is -1.99. The molecule has 90 valence electrons. The molecule has 0 saturated heterocycles. The molecule has 0 N–H and O–H groups in total. The van der Waals surface area contributed by atoms with Crippen LogP contribution in [-0.2, 0) is 0 Å². The molecule has 0 aliphatic heterocycles. The van der Waals surface area contributed by atoms with E-state index in [1.54, 1.807) is 12.1 Å². The quantitative estimate of drug-likeness (QED) is 0.618. The first-order valence-electron chi connectivity index (χ1n) is 5.47. The highest BCUT2D eigenvalue weighted by Crippen LogP contribution is 2.32. The summed E-state index contributed by atoms with van der Waals surface area (Å²) in [4.78, 5) is 4.44. The molecular weight excluding hydrogens is 269 g/mol. The summed E-state index contributed by atoms with van der Waals surface area (Å²) in [7, 11) is 0. The first-order chi connectivity index (χ1) is 8.65. The Morgan fingerprint density at radius 2 is 1.94 bits per heavy atom. The SMILES string of the molecule is Cc1cccc2nc(-c3ccc(Cl)cc3Cl)oc12. The Labute approximate surface area is 114 Å². The minimum Gasteiger partial charge on any atom is -0.436 e. The van der Waals surface area contributed by atoms with E-state index in [2.05, 4.69) is 4.98 Å². The van der Waals surface area contributed by atoms with Crippen LogP contribution in [0.15, 0.2) is 40.8 Å². The van der Waals surface area contributed by atoms with Gasteiger partial charge < -0.3 is 4.42 Å². The van der Waals surface area contributed by atoms with Crippen LogP contribution in [0.3, 0.4) is 0 Å². The first-order valence-corrected chi connectivity index (χ1v) is 6.22. The molecule has 18 heavy (non-hydrogen) atoms. The first kappa shape index (κ1) is 11.6. The van der Waals surface area contributed by atoms with Crippen molar-refractivity contribution in [2.45, 2.75) is 6.92 Å². The highest BCUT2D eigenvalue weighted by atomic mass is 35.5. The average Bonchev–Trinajstić information content (AvgIpc) is 2.74. The van der Waals surface area contributed by atoms with E-state index < -0.39 is 0 Å². The number of benzene rings is 2. The third-order valence-electron chi connectivity index (χ3n) is 2.77.